The Bertz CT molecular complexity index is 1310. The van der Waals surface area contributed by atoms with Gasteiger partial charge >= 0.3 is 0 Å². The van der Waals surface area contributed by atoms with Crippen molar-refractivity contribution in [2.45, 2.75) is 13.3 Å². The second-order valence-corrected chi connectivity index (χ2v) is 8.37. The van der Waals surface area contributed by atoms with Gasteiger partial charge in [-0.15, -0.1) is 0 Å². The van der Waals surface area contributed by atoms with Crippen LogP contribution in [0.4, 0.5) is 11.4 Å². The molecule has 0 radical (unpaired) electrons. The number of ether oxygens (including phenoxy) is 1. The van der Waals surface area contributed by atoms with E-state index >= 15 is 0 Å². The zero-order chi connectivity index (χ0) is 22.8. The summed E-state index contributed by atoms with van der Waals surface area (Å²) in [5.74, 6) is 0.877. The third kappa shape index (κ3) is 4.58. The Morgan fingerprint density at radius 2 is 1.58 bits per heavy atom. The third-order valence-electron chi connectivity index (χ3n) is 5.92. The second kappa shape index (κ2) is 8.79. The number of fused-ring (bicyclic) bond motifs is 1. The fourth-order valence-corrected chi connectivity index (χ4v) is 4.08. The number of rotatable bonds is 5. The minimum atomic E-state index is -0.382. The smallest absolute Gasteiger partial charge is 0.229 e. The van der Waals surface area contributed by atoms with Crippen molar-refractivity contribution in [1.82, 2.24) is 0 Å². The molecule has 0 aliphatic carbocycles. The lowest BCUT2D eigenvalue weighted by molar-refractivity contribution is -0.122. The number of carbonyl (C=O) groups excluding carboxylic acids is 2. The van der Waals surface area contributed by atoms with Crippen LogP contribution in [0.15, 0.2) is 91.0 Å². The molecule has 5 heteroatoms. The van der Waals surface area contributed by atoms with Crippen LogP contribution in [-0.2, 0) is 9.59 Å². The van der Waals surface area contributed by atoms with Crippen molar-refractivity contribution in [1.29, 1.82) is 0 Å². The normalized spacial score (nSPS) is 15.6. The molecule has 4 aromatic rings. The Morgan fingerprint density at radius 1 is 0.879 bits per heavy atom. The first-order valence-electron chi connectivity index (χ1n) is 11.0. The fraction of sp³-hybridized carbons (Fsp3) is 0.143. The van der Waals surface area contributed by atoms with E-state index in [0.29, 0.717) is 18.0 Å². The lowest BCUT2D eigenvalue weighted by Gasteiger charge is -2.17. The Morgan fingerprint density at radius 3 is 2.33 bits per heavy atom. The van der Waals surface area contributed by atoms with Gasteiger partial charge in [-0.2, -0.15) is 0 Å². The van der Waals surface area contributed by atoms with Gasteiger partial charge in [-0.3, -0.25) is 9.59 Å². The maximum atomic E-state index is 12.8. The molecule has 2 amide bonds. The standard InChI is InChI=1S/C28H24N2O3/c1-19-6-11-24(12-7-19)30-18-22(17-27(30)31)28(32)29-23-9-14-25(15-10-23)33-26-13-8-20-4-2-3-5-21(20)16-26/h2-16,22H,17-18H2,1H3,(H,29,32)/t22-/m1/s1. The van der Waals surface area contributed by atoms with Gasteiger partial charge in [0.05, 0.1) is 5.92 Å². The van der Waals surface area contributed by atoms with E-state index in [1.165, 1.54) is 0 Å². The number of hydrogen-bond donors (Lipinski definition) is 1. The summed E-state index contributed by atoms with van der Waals surface area (Å²) in [5, 5.41) is 5.20. The minimum absolute atomic E-state index is 0.0295. The van der Waals surface area contributed by atoms with Gasteiger partial charge in [0.15, 0.2) is 0 Å². The highest BCUT2D eigenvalue weighted by Crippen LogP contribution is 2.28. The fourth-order valence-electron chi connectivity index (χ4n) is 4.08. The molecule has 1 aliphatic rings. The van der Waals surface area contributed by atoms with Crippen LogP contribution in [-0.4, -0.2) is 18.4 Å². The molecule has 0 unspecified atom stereocenters. The molecule has 0 saturated carbocycles. The van der Waals surface area contributed by atoms with E-state index < -0.39 is 0 Å². The average Bonchev–Trinajstić information content (AvgIpc) is 3.22. The molecule has 0 spiro atoms. The summed E-state index contributed by atoms with van der Waals surface area (Å²) in [4.78, 5) is 26.9. The predicted octanol–water partition coefficient (Wildman–Crippen LogP) is 5.93. The molecule has 1 N–H and O–H groups in total. The van der Waals surface area contributed by atoms with Crippen LogP contribution in [0.25, 0.3) is 10.8 Å². The number of carbonyl (C=O) groups is 2. The number of hydrogen-bond acceptors (Lipinski definition) is 3. The summed E-state index contributed by atoms with van der Waals surface area (Å²) in [6, 6.07) is 29.1. The molecular formula is C28H24N2O3. The highest BCUT2D eigenvalue weighted by molar-refractivity contribution is 6.03. The predicted molar refractivity (Wildman–Crippen MR) is 131 cm³/mol. The maximum absolute atomic E-state index is 12.8. The van der Waals surface area contributed by atoms with Crippen molar-refractivity contribution in [2.24, 2.45) is 5.92 Å². The van der Waals surface area contributed by atoms with Crippen LogP contribution in [0, 0.1) is 12.8 Å². The van der Waals surface area contributed by atoms with E-state index in [9.17, 15) is 9.59 Å². The number of amides is 2. The summed E-state index contributed by atoms with van der Waals surface area (Å²) in [7, 11) is 0. The quantitative estimate of drug-likeness (QED) is 0.422. The highest BCUT2D eigenvalue weighted by atomic mass is 16.5. The molecule has 0 bridgehead atoms. The van der Waals surface area contributed by atoms with E-state index in [1.807, 2.05) is 85.8 Å². The van der Waals surface area contributed by atoms with Crippen molar-refractivity contribution in [3.63, 3.8) is 0 Å². The Hall–Kier alpha value is -4.12. The number of nitrogens with one attached hydrogen (secondary N) is 1. The zero-order valence-electron chi connectivity index (χ0n) is 18.3. The molecule has 1 aliphatic heterocycles. The van der Waals surface area contributed by atoms with Gasteiger partial charge in [-0.25, -0.2) is 0 Å². The summed E-state index contributed by atoms with van der Waals surface area (Å²) in [6.07, 6.45) is 0.211. The van der Waals surface area contributed by atoms with Gasteiger partial charge in [-0.1, -0.05) is 48.0 Å². The van der Waals surface area contributed by atoms with Crippen molar-refractivity contribution in [2.75, 3.05) is 16.8 Å². The highest BCUT2D eigenvalue weighted by Gasteiger charge is 2.35. The van der Waals surface area contributed by atoms with Crippen molar-refractivity contribution < 1.29 is 14.3 Å². The molecule has 1 saturated heterocycles. The second-order valence-electron chi connectivity index (χ2n) is 8.37. The van der Waals surface area contributed by atoms with Gasteiger partial charge in [0.2, 0.25) is 11.8 Å². The van der Waals surface area contributed by atoms with Gasteiger partial charge < -0.3 is 15.0 Å². The zero-order valence-corrected chi connectivity index (χ0v) is 18.3. The molecule has 5 rings (SSSR count). The van der Waals surface area contributed by atoms with Crippen LogP contribution < -0.4 is 15.0 Å². The van der Waals surface area contributed by atoms with Gasteiger partial charge in [0.25, 0.3) is 0 Å². The van der Waals surface area contributed by atoms with E-state index in [4.69, 9.17) is 4.74 Å². The minimum Gasteiger partial charge on any atom is -0.457 e. The summed E-state index contributed by atoms with van der Waals surface area (Å²) >= 11 is 0. The van der Waals surface area contributed by atoms with Gasteiger partial charge in [0, 0.05) is 24.3 Å². The van der Waals surface area contributed by atoms with Crippen LogP contribution in [0.2, 0.25) is 0 Å². The first kappa shape index (κ1) is 20.8. The van der Waals surface area contributed by atoms with Crippen LogP contribution in [0.1, 0.15) is 12.0 Å². The molecule has 1 atom stereocenters. The van der Waals surface area contributed by atoms with Crippen LogP contribution >= 0.6 is 0 Å². The van der Waals surface area contributed by atoms with Crippen molar-refractivity contribution in [3.8, 4) is 11.5 Å². The molecule has 33 heavy (non-hydrogen) atoms. The Kier molecular flexibility index (Phi) is 5.53. The number of nitrogens with zero attached hydrogens (tertiary/aromatic N) is 1. The number of anilines is 2. The lowest BCUT2D eigenvalue weighted by atomic mass is 10.1. The van der Waals surface area contributed by atoms with Crippen molar-refractivity contribution >= 4 is 34.0 Å². The molecule has 164 valence electrons. The van der Waals surface area contributed by atoms with E-state index in [-0.39, 0.29) is 24.2 Å². The topological polar surface area (TPSA) is 58.6 Å². The van der Waals surface area contributed by atoms with Gasteiger partial charge in [0.1, 0.15) is 11.5 Å². The summed E-state index contributed by atoms with van der Waals surface area (Å²) < 4.78 is 5.97. The summed E-state index contributed by atoms with van der Waals surface area (Å²) in [6.45, 7) is 2.39. The maximum Gasteiger partial charge on any atom is 0.229 e. The van der Waals surface area contributed by atoms with E-state index in [1.54, 1.807) is 4.90 Å². The van der Waals surface area contributed by atoms with E-state index in [2.05, 4.69) is 17.4 Å². The van der Waals surface area contributed by atoms with E-state index in [0.717, 1.165) is 27.8 Å². The molecule has 1 fully saturated rings. The average molecular weight is 437 g/mol. The molecule has 1 heterocycles. The largest absolute Gasteiger partial charge is 0.457 e. The Balaban J connectivity index is 1.21. The summed E-state index contributed by atoms with van der Waals surface area (Å²) in [5.41, 5.74) is 2.64. The Labute approximate surface area is 192 Å². The number of benzene rings is 4. The van der Waals surface area contributed by atoms with Crippen LogP contribution in [0.3, 0.4) is 0 Å². The molecule has 0 aromatic heterocycles. The SMILES string of the molecule is Cc1ccc(N2C[C@H](C(=O)Nc3ccc(Oc4ccc5ccccc5c4)cc3)CC2=O)cc1. The molecule has 4 aromatic carbocycles. The first-order chi connectivity index (χ1) is 16.0. The number of aryl methyl sites for hydroxylation is 1. The lowest BCUT2D eigenvalue weighted by Crippen LogP contribution is -2.28. The molecular weight excluding hydrogens is 412 g/mol. The third-order valence-corrected chi connectivity index (χ3v) is 5.92. The molecule has 5 nitrogen and oxygen atoms in total. The van der Waals surface area contributed by atoms with Gasteiger partial charge in [-0.05, 0) is 66.2 Å². The first-order valence-corrected chi connectivity index (χ1v) is 11.0. The van der Waals surface area contributed by atoms with Crippen molar-refractivity contribution in [3.05, 3.63) is 96.6 Å². The van der Waals surface area contributed by atoms with Crippen LogP contribution in [0.5, 0.6) is 11.5 Å². The monoisotopic (exact) mass is 436 g/mol.